The molecule has 1 fully saturated rings. The fraction of sp³-hybridized carbons (Fsp3) is 0.370. The van der Waals surface area contributed by atoms with Crippen LogP contribution in [0.1, 0.15) is 56.6 Å². The first kappa shape index (κ1) is 21.6. The molecule has 3 heterocycles. The molecular formula is C27H30N4O2. The van der Waals surface area contributed by atoms with Crippen molar-refractivity contribution in [1.29, 1.82) is 0 Å². The number of nitrogens with zero attached hydrogens (tertiary/aromatic N) is 3. The lowest BCUT2D eigenvalue weighted by Crippen LogP contribution is -2.21. The Labute approximate surface area is 193 Å². The van der Waals surface area contributed by atoms with Crippen LogP contribution in [0.25, 0.3) is 22.2 Å². The summed E-state index contributed by atoms with van der Waals surface area (Å²) in [6.45, 7) is 8.10. The van der Waals surface area contributed by atoms with Gasteiger partial charge in [0.15, 0.2) is 5.65 Å². The average molecular weight is 443 g/mol. The van der Waals surface area contributed by atoms with E-state index in [2.05, 4.69) is 73.3 Å². The van der Waals surface area contributed by atoms with Crippen molar-refractivity contribution in [3.05, 3.63) is 82.0 Å². The van der Waals surface area contributed by atoms with E-state index in [4.69, 9.17) is 9.72 Å². The molecule has 0 atom stereocenters. The number of aromatic nitrogens is 4. The topological polar surface area (TPSA) is 72.8 Å². The number of hydrogen-bond acceptors (Lipinski definition) is 4. The van der Waals surface area contributed by atoms with E-state index < -0.39 is 0 Å². The zero-order valence-corrected chi connectivity index (χ0v) is 19.5. The van der Waals surface area contributed by atoms with Crippen molar-refractivity contribution in [2.75, 3.05) is 13.2 Å². The van der Waals surface area contributed by atoms with Crippen molar-refractivity contribution >= 4 is 11.0 Å². The highest BCUT2D eigenvalue weighted by Gasteiger charge is 2.21. The molecule has 1 N–H and O–H groups in total. The van der Waals surface area contributed by atoms with Gasteiger partial charge in [-0.3, -0.25) is 4.79 Å². The maximum atomic E-state index is 12.8. The van der Waals surface area contributed by atoms with E-state index in [1.165, 1.54) is 11.1 Å². The molecule has 0 spiro atoms. The fourth-order valence-corrected chi connectivity index (χ4v) is 4.55. The van der Waals surface area contributed by atoms with Gasteiger partial charge < -0.3 is 9.72 Å². The Hall–Kier alpha value is -3.25. The van der Waals surface area contributed by atoms with Crippen LogP contribution in [0.2, 0.25) is 0 Å². The lowest BCUT2D eigenvalue weighted by atomic mass is 9.85. The third-order valence-corrected chi connectivity index (χ3v) is 6.46. The van der Waals surface area contributed by atoms with E-state index in [9.17, 15) is 4.79 Å². The Morgan fingerprint density at radius 1 is 1.09 bits per heavy atom. The number of hydrogen-bond donors (Lipinski definition) is 1. The molecule has 5 rings (SSSR count). The minimum Gasteiger partial charge on any atom is -0.381 e. The minimum atomic E-state index is -0.138. The van der Waals surface area contributed by atoms with Gasteiger partial charge in [-0.05, 0) is 40.5 Å². The maximum Gasteiger partial charge on any atom is 0.262 e. The zero-order valence-electron chi connectivity index (χ0n) is 19.5. The van der Waals surface area contributed by atoms with Crippen LogP contribution in [0.3, 0.4) is 0 Å². The normalized spacial score (nSPS) is 15.2. The molecule has 0 bridgehead atoms. The van der Waals surface area contributed by atoms with Gasteiger partial charge in [-0.1, -0.05) is 69.3 Å². The van der Waals surface area contributed by atoms with Crippen LogP contribution in [0.15, 0.2) is 59.5 Å². The van der Waals surface area contributed by atoms with Crippen LogP contribution in [0.5, 0.6) is 0 Å². The summed E-state index contributed by atoms with van der Waals surface area (Å²) in [4.78, 5) is 20.7. The highest BCUT2D eigenvalue weighted by Crippen LogP contribution is 2.30. The molecule has 1 aliphatic heterocycles. The van der Waals surface area contributed by atoms with Gasteiger partial charge in [0.1, 0.15) is 11.2 Å². The molecule has 2 aromatic carbocycles. The lowest BCUT2D eigenvalue weighted by molar-refractivity contribution is 0.0673. The number of fused-ring (bicyclic) bond motifs is 1. The van der Waals surface area contributed by atoms with Gasteiger partial charge in [-0.15, -0.1) is 0 Å². The first-order chi connectivity index (χ1) is 15.9. The summed E-state index contributed by atoms with van der Waals surface area (Å²) in [5.41, 5.74) is 5.35. The van der Waals surface area contributed by atoms with E-state index >= 15 is 0 Å². The first-order valence-corrected chi connectivity index (χ1v) is 11.6. The quantitative estimate of drug-likeness (QED) is 0.481. The van der Waals surface area contributed by atoms with Crippen molar-refractivity contribution in [2.24, 2.45) is 0 Å². The van der Waals surface area contributed by atoms with Gasteiger partial charge in [0, 0.05) is 19.6 Å². The van der Waals surface area contributed by atoms with Crippen molar-refractivity contribution in [1.82, 2.24) is 19.7 Å². The monoisotopic (exact) mass is 442 g/mol. The van der Waals surface area contributed by atoms with Gasteiger partial charge in [0.05, 0.1) is 12.2 Å². The third kappa shape index (κ3) is 4.35. The van der Waals surface area contributed by atoms with E-state index in [1.807, 2.05) is 10.7 Å². The van der Waals surface area contributed by atoms with Crippen LogP contribution in [-0.4, -0.2) is 33.0 Å². The molecule has 0 amide bonds. The summed E-state index contributed by atoms with van der Waals surface area (Å²) in [7, 11) is 0. The summed E-state index contributed by atoms with van der Waals surface area (Å²) < 4.78 is 7.40. The Morgan fingerprint density at radius 3 is 2.67 bits per heavy atom. The van der Waals surface area contributed by atoms with Crippen LogP contribution in [0.4, 0.5) is 0 Å². The molecule has 0 radical (unpaired) electrons. The molecule has 0 aliphatic carbocycles. The Kier molecular flexibility index (Phi) is 5.62. The van der Waals surface area contributed by atoms with Gasteiger partial charge >= 0.3 is 0 Å². The van der Waals surface area contributed by atoms with E-state index in [1.54, 1.807) is 6.20 Å². The molecule has 6 heteroatoms. The zero-order chi connectivity index (χ0) is 23.0. The third-order valence-electron chi connectivity index (χ3n) is 6.46. The van der Waals surface area contributed by atoms with E-state index in [0.29, 0.717) is 36.5 Å². The molecule has 4 aromatic rings. The van der Waals surface area contributed by atoms with Crippen molar-refractivity contribution in [3.63, 3.8) is 0 Å². The summed E-state index contributed by atoms with van der Waals surface area (Å²) >= 11 is 0. The lowest BCUT2D eigenvalue weighted by Gasteiger charge is -2.22. The van der Waals surface area contributed by atoms with Crippen molar-refractivity contribution in [2.45, 2.75) is 51.5 Å². The minimum absolute atomic E-state index is 0.0748. The number of H-pyrrole nitrogens is 1. The van der Waals surface area contributed by atoms with Gasteiger partial charge in [-0.2, -0.15) is 5.10 Å². The van der Waals surface area contributed by atoms with Crippen LogP contribution >= 0.6 is 0 Å². The van der Waals surface area contributed by atoms with Crippen LogP contribution in [0, 0.1) is 0 Å². The summed E-state index contributed by atoms with van der Waals surface area (Å²) in [6, 6.07) is 17.3. The SMILES string of the molecule is CC(C)(C)c1cccc(-c2ccccc2Cc2nc3c(cnn3C3CCOCC3)c(=O)[nH]2)c1. The Morgan fingerprint density at radius 2 is 1.88 bits per heavy atom. The van der Waals surface area contributed by atoms with Crippen LogP contribution < -0.4 is 5.56 Å². The molecular weight excluding hydrogens is 412 g/mol. The second-order valence-electron chi connectivity index (χ2n) is 9.85. The summed E-state index contributed by atoms with van der Waals surface area (Å²) in [6.07, 6.45) is 3.94. The van der Waals surface area contributed by atoms with Crippen molar-refractivity contribution < 1.29 is 4.74 Å². The molecule has 33 heavy (non-hydrogen) atoms. The average Bonchev–Trinajstić information content (AvgIpc) is 3.24. The second kappa shape index (κ2) is 8.60. The highest BCUT2D eigenvalue weighted by molar-refractivity contribution is 5.73. The van der Waals surface area contributed by atoms with Gasteiger partial charge in [0.2, 0.25) is 0 Å². The number of rotatable bonds is 4. The number of nitrogens with one attached hydrogen (secondary N) is 1. The molecule has 1 aliphatic rings. The molecule has 2 aromatic heterocycles. The maximum absolute atomic E-state index is 12.8. The fourth-order valence-electron chi connectivity index (χ4n) is 4.55. The van der Waals surface area contributed by atoms with Crippen LogP contribution in [-0.2, 0) is 16.6 Å². The first-order valence-electron chi connectivity index (χ1n) is 11.6. The number of ether oxygens (including phenoxy) is 1. The molecule has 0 unspecified atom stereocenters. The molecule has 0 saturated carbocycles. The standard InChI is InChI=1S/C27H30N4O2/c1-27(2,3)20-9-6-8-18(15-20)22-10-5-4-7-19(22)16-24-29-25-23(26(32)30-24)17-28-31(25)21-11-13-33-14-12-21/h4-10,15,17,21H,11-14,16H2,1-3H3,(H,29,30,32). The predicted octanol–water partition coefficient (Wildman–Crippen LogP) is 5.03. The Bertz CT molecular complexity index is 1340. The summed E-state index contributed by atoms with van der Waals surface area (Å²) in [5, 5.41) is 5.04. The largest absolute Gasteiger partial charge is 0.381 e. The van der Waals surface area contributed by atoms with E-state index in [0.717, 1.165) is 24.0 Å². The summed E-state index contributed by atoms with van der Waals surface area (Å²) in [5.74, 6) is 0.653. The highest BCUT2D eigenvalue weighted by atomic mass is 16.5. The molecule has 6 nitrogen and oxygen atoms in total. The van der Waals surface area contributed by atoms with Gasteiger partial charge in [-0.25, -0.2) is 9.67 Å². The number of aromatic amines is 1. The van der Waals surface area contributed by atoms with Gasteiger partial charge in [0.25, 0.3) is 5.56 Å². The second-order valence-corrected chi connectivity index (χ2v) is 9.85. The van der Waals surface area contributed by atoms with Crippen molar-refractivity contribution in [3.8, 4) is 11.1 Å². The van der Waals surface area contributed by atoms with E-state index in [-0.39, 0.29) is 17.0 Å². The molecule has 1 saturated heterocycles. The molecule has 170 valence electrons. The number of benzene rings is 2. The smallest absolute Gasteiger partial charge is 0.262 e. The Balaban J connectivity index is 1.53. The predicted molar refractivity (Wildman–Crippen MR) is 131 cm³/mol.